The van der Waals surface area contributed by atoms with E-state index in [-0.39, 0.29) is 8.95 Å². The first kappa shape index (κ1) is 22.2. The molecule has 28 heavy (non-hydrogen) atoms. The predicted octanol–water partition coefficient (Wildman–Crippen LogP) is 5.11. The molecule has 0 saturated heterocycles. The minimum atomic E-state index is -5.10. The van der Waals surface area contributed by atoms with E-state index in [1.54, 1.807) is 0 Å². The van der Waals surface area contributed by atoms with Gasteiger partial charge in [0, 0.05) is 8.95 Å². The molecule has 12 heteroatoms. The lowest BCUT2D eigenvalue weighted by molar-refractivity contribution is -0.139. The van der Waals surface area contributed by atoms with E-state index in [9.17, 15) is 35.9 Å². The second-order valence-corrected chi connectivity index (χ2v) is 7.19. The molecule has 0 saturated carbocycles. The van der Waals surface area contributed by atoms with E-state index < -0.39 is 57.5 Å². The van der Waals surface area contributed by atoms with Crippen molar-refractivity contribution < 1.29 is 35.9 Å². The van der Waals surface area contributed by atoms with Gasteiger partial charge in [-0.3, -0.25) is 9.59 Å². The van der Waals surface area contributed by atoms with E-state index in [1.165, 1.54) is 0 Å². The van der Waals surface area contributed by atoms with Crippen LogP contribution in [-0.4, -0.2) is 11.8 Å². The summed E-state index contributed by atoms with van der Waals surface area (Å²) in [4.78, 5) is 22.7. The molecule has 2 aromatic carbocycles. The molecule has 4 nitrogen and oxygen atoms in total. The largest absolute Gasteiger partial charge is 0.417 e. The Balaban J connectivity index is 2.98. The summed E-state index contributed by atoms with van der Waals surface area (Å²) < 4.78 is 80.6. The average Bonchev–Trinajstić information content (AvgIpc) is 2.51. The first-order valence-corrected chi connectivity index (χ1v) is 8.64. The maximum absolute atomic E-state index is 13.5. The number of hydrogen-bond acceptors (Lipinski definition) is 2. The summed E-state index contributed by atoms with van der Waals surface area (Å²) in [6.45, 7) is 0. The van der Waals surface area contributed by atoms with Crippen molar-refractivity contribution in [3.63, 3.8) is 0 Å². The van der Waals surface area contributed by atoms with Gasteiger partial charge in [-0.05, 0) is 67.3 Å². The normalized spacial score (nSPS) is 12.1. The molecule has 0 heterocycles. The Kier molecular flexibility index (Phi) is 5.86. The Morgan fingerprint density at radius 1 is 0.679 bits per heavy atom. The molecule has 2 rings (SSSR count). The number of halogens is 8. The number of carbonyl (C=O) groups excluding carboxylic acids is 2. The fourth-order valence-electron chi connectivity index (χ4n) is 2.44. The van der Waals surface area contributed by atoms with Gasteiger partial charge in [0.2, 0.25) is 11.8 Å². The fourth-order valence-corrected chi connectivity index (χ4v) is 3.52. The van der Waals surface area contributed by atoms with Gasteiger partial charge < -0.3 is 11.5 Å². The molecule has 0 atom stereocenters. The van der Waals surface area contributed by atoms with Crippen LogP contribution in [0.3, 0.4) is 0 Å². The van der Waals surface area contributed by atoms with Gasteiger partial charge in [-0.2, -0.15) is 26.3 Å². The SMILES string of the molecule is NC(=O)c1cc(C(F)(F)F)c(-c2cc(Br)c(C(N)=O)cc2C(F)(F)F)cc1Br. The minimum absolute atomic E-state index is 0.230. The van der Waals surface area contributed by atoms with E-state index in [2.05, 4.69) is 31.9 Å². The molecule has 0 spiro atoms. The lowest BCUT2D eigenvalue weighted by Crippen LogP contribution is -2.18. The van der Waals surface area contributed by atoms with Crippen LogP contribution in [0.2, 0.25) is 0 Å². The Bertz CT molecular complexity index is 907. The zero-order chi connectivity index (χ0) is 21.6. The third kappa shape index (κ3) is 4.32. The molecular formula is C16H8Br2F6N2O2. The summed E-state index contributed by atoms with van der Waals surface area (Å²) in [7, 11) is 0. The standard InChI is InChI=1S/C16H8Br2F6N2O2/c17-11-3-5(9(15(19,20)21)1-7(11)13(25)27)6-4-12(18)8(14(26)28)2-10(6)16(22,23)24/h1-4H,(H2,25,27)(H2,26,28). The number of carbonyl (C=O) groups is 2. The van der Waals surface area contributed by atoms with E-state index >= 15 is 0 Å². The highest BCUT2D eigenvalue weighted by atomic mass is 79.9. The Morgan fingerprint density at radius 3 is 1.18 bits per heavy atom. The summed E-state index contributed by atoms with van der Waals surface area (Å²) in [5.41, 5.74) is 4.17. The number of alkyl halides is 6. The van der Waals surface area contributed by atoms with Crippen LogP contribution < -0.4 is 11.5 Å². The number of nitrogens with two attached hydrogens (primary N) is 2. The second-order valence-electron chi connectivity index (χ2n) is 5.48. The number of rotatable bonds is 3. The molecule has 0 fully saturated rings. The molecule has 4 N–H and O–H groups in total. The van der Waals surface area contributed by atoms with Crippen LogP contribution in [0.25, 0.3) is 11.1 Å². The van der Waals surface area contributed by atoms with Crippen molar-refractivity contribution in [2.75, 3.05) is 0 Å². The lowest BCUT2D eigenvalue weighted by Gasteiger charge is -2.20. The Labute approximate surface area is 170 Å². The van der Waals surface area contributed by atoms with Crippen molar-refractivity contribution in [3.05, 3.63) is 55.5 Å². The molecule has 0 radical (unpaired) electrons. The van der Waals surface area contributed by atoms with Crippen molar-refractivity contribution in [3.8, 4) is 11.1 Å². The Morgan fingerprint density at radius 2 is 0.964 bits per heavy atom. The first-order chi connectivity index (χ1) is 12.6. The van der Waals surface area contributed by atoms with Crippen molar-refractivity contribution in [2.24, 2.45) is 11.5 Å². The smallest absolute Gasteiger partial charge is 0.366 e. The van der Waals surface area contributed by atoms with Crippen LogP contribution >= 0.6 is 31.9 Å². The zero-order valence-corrected chi connectivity index (χ0v) is 16.5. The molecule has 0 aliphatic heterocycles. The van der Waals surface area contributed by atoms with Gasteiger partial charge in [-0.1, -0.05) is 0 Å². The van der Waals surface area contributed by atoms with E-state index in [0.29, 0.717) is 24.3 Å². The maximum Gasteiger partial charge on any atom is 0.417 e. The van der Waals surface area contributed by atoms with Gasteiger partial charge in [0.25, 0.3) is 0 Å². The third-order valence-electron chi connectivity index (χ3n) is 3.65. The van der Waals surface area contributed by atoms with Crippen LogP contribution in [0.15, 0.2) is 33.2 Å². The average molecular weight is 534 g/mol. The highest BCUT2D eigenvalue weighted by Gasteiger charge is 2.40. The molecule has 0 aliphatic carbocycles. The molecule has 0 unspecified atom stereocenters. The van der Waals surface area contributed by atoms with Crippen molar-refractivity contribution in [2.45, 2.75) is 12.4 Å². The summed E-state index contributed by atoms with van der Waals surface area (Å²) in [6.07, 6.45) is -10.2. The highest BCUT2D eigenvalue weighted by molar-refractivity contribution is 9.10. The topological polar surface area (TPSA) is 86.2 Å². The summed E-state index contributed by atoms with van der Waals surface area (Å²) in [6, 6.07) is 2.14. The van der Waals surface area contributed by atoms with E-state index in [4.69, 9.17) is 11.5 Å². The highest BCUT2D eigenvalue weighted by Crippen LogP contribution is 2.45. The van der Waals surface area contributed by atoms with Crippen LogP contribution in [0, 0.1) is 0 Å². The predicted molar refractivity (Wildman–Crippen MR) is 94.3 cm³/mol. The fraction of sp³-hybridized carbons (Fsp3) is 0.125. The molecule has 2 aromatic rings. The van der Waals surface area contributed by atoms with Gasteiger partial charge >= 0.3 is 12.4 Å². The molecule has 2 amide bonds. The van der Waals surface area contributed by atoms with E-state index in [1.807, 2.05) is 0 Å². The van der Waals surface area contributed by atoms with Gasteiger partial charge in [0.15, 0.2) is 0 Å². The zero-order valence-electron chi connectivity index (χ0n) is 13.3. The van der Waals surface area contributed by atoms with Gasteiger partial charge in [-0.15, -0.1) is 0 Å². The number of amides is 2. The first-order valence-electron chi connectivity index (χ1n) is 7.06. The number of benzene rings is 2. The van der Waals surface area contributed by atoms with Crippen molar-refractivity contribution >= 4 is 43.7 Å². The number of hydrogen-bond donors (Lipinski definition) is 2. The van der Waals surface area contributed by atoms with Crippen LogP contribution in [-0.2, 0) is 12.4 Å². The molecule has 150 valence electrons. The van der Waals surface area contributed by atoms with Crippen LogP contribution in [0.4, 0.5) is 26.3 Å². The van der Waals surface area contributed by atoms with Gasteiger partial charge in [0.1, 0.15) is 0 Å². The summed E-state index contributed by atoms with van der Waals surface area (Å²) >= 11 is 5.68. The lowest BCUT2D eigenvalue weighted by atomic mass is 9.92. The summed E-state index contributed by atoms with van der Waals surface area (Å²) in [5.74, 6) is -2.41. The summed E-state index contributed by atoms with van der Waals surface area (Å²) in [5, 5.41) is 0. The molecule has 0 aromatic heterocycles. The van der Waals surface area contributed by atoms with E-state index in [0.717, 1.165) is 0 Å². The van der Waals surface area contributed by atoms with Gasteiger partial charge in [0.05, 0.1) is 22.3 Å². The minimum Gasteiger partial charge on any atom is -0.366 e. The maximum atomic E-state index is 13.5. The van der Waals surface area contributed by atoms with Crippen molar-refractivity contribution in [1.82, 2.24) is 0 Å². The monoisotopic (exact) mass is 532 g/mol. The van der Waals surface area contributed by atoms with Gasteiger partial charge in [-0.25, -0.2) is 0 Å². The third-order valence-corrected chi connectivity index (χ3v) is 4.96. The quantitative estimate of drug-likeness (QED) is 0.537. The molecule has 0 aliphatic rings. The van der Waals surface area contributed by atoms with Crippen LogP contribution in [0.1, 0.15) is 31.8 Å². The van der Waals surface area contributed by atoms with Crippen molar-refractivity contribution in [1.29, 1.82) is 0 Å². The van der Waals surface area contributed by atoms with Crippen LogP contribution in [0.5, 0.6) is 0 Å². The molecular weight excluding hydrogens is 526 g/mol. The number of primary amides is 2. The Hall–Kier alpha value is -2.08. The second kappa shape index (κ2) is 7.39. The molecule has 0 bridgehead atoms.